The third kappa shape index (κ3) is 5.46. The third-order valence-electron chi connectivity index (χ3n) is 11.3. The van der Waals surface area contributed by atoms with Crippen molar-refractivity contribution in [1.29, 1.82) is 0 Å². The van der Waals surface area contributed by atoms with E-state index >= 15 is 8.78 Å². The summed E-state index contributed by atoms with van der Waals surface area (Å²) in [4.78, 5) is 64.2. The largest absolute Gasteiger partial charge is 0.468 e. The molecule has 0 radical (unpaired) electrons. The summed E-state index contributed by atoms with van der Waals surface area (Å²) in [7, 11) is 1.15. The Morgan fingerprint density at radius 2 is 1.86 bits per heavy atom. The number of carbonyl (C=O) groups excluding carboxylic acids is 5. The number of aliphatic hydroxyl groups excluding tert-OH is 1. The highest BCUT2D eigenvalue weighted by Crippen LogP contribution is 2.72. The fraction of sp³-hybridized carbons (Fsp3) is 0.583. The number of esters is 3. The lowest BCUT2D eigenvalue weighted by Gasteiger charge is -2.63. The number of thioether (sulfide) groups is 1. The van der Waals surface area contributed by atoms with Crippen molar-refractivity contribution in [1.82, 2.24) is 0 Å². The van der Waals surface area contributed by atoms with E-state index in [1.165, 1.54) is 51.3 Å². The molecule has 4 aliphatic carbocycles. The number of ketones is 1. The maximum atomic E-state index is 17.7. The van der Waals surface area contributed by atoms with Gasteiger partial charge in [0, 0.05) is 22.7 Å². The number of carbonyl (C=O) groups is 5. The van der Waals surface area contributed by atoms with E-state index in [0.29, 0.717) is 0 Å². The van der Waals surface area contributed by atoms with Gasteiger partial charge in [0.05, 0.1) is 25.2 Å². The van der Waals surface area contributed by atoms with Crippen LogP contribution in [0.5, 0.6) is 0 Å². The number of aliphatic hydroxyl groups is 1. The van der Waals surface area contributed by atoms with Crippen LogP contribution in [0.15, 0.2) is 46.6 Å². The summed E-state index contributed by atoms with van der Waals surface area (Å²) in [5, 5.41) is 11.2. The molecular formula is C36H40F2O10S. The van der Waals surface area contributed by atoms with E-state index in [1.54, 1.807) is 13.8 Å². The highest BCUT2D eigenvalue weighted by molar-refractivity contribution is 8.14. The topological polar surface area (TPSA) is 146 Å². The van der Waals surface area contributed by atoms with Crippen molar-refractivity contribution in [2.75, 3.05) is 19.5 Å². The summed E-state index contributed by atoms with van der Waals surface area (Å²) in [6.45, 7) is 7.20. The molecular weight excluding hydrogens is 662 g/mol. The van der Waals surface area contributed by atoms with Crippen LogP contribution in [0.25, 0.3) is 0 Å². The minimum Gasteiger partial charge on any atom is -0.468 e. The number of ether oxygens (including phenoxy) is 3. The van der Waals surface area contributed by atoms with E-state index in [9.17, 15) is 29.1 Å². The predicted molar refractivity (Wildman–Crippen MR) is 172 cm³/mol. The maximum absolute atomic E-state index is 17.7. The van der Waals surface area contributed by atoms with Gasteiger partial charge < -0.3 is 23.7 Å². The van der Waals surface area contributed by atoms with Gasteiger partial charge in [-0.2, -0.15) is 0 Å². The van der Waals surface area contributed by atoms with Crippen molar-refractivity contribution >= 4 is 40.6 Å². The Kier molecular flexibility index (Phi) is 9.57. The normalized spacial score (nSPS) is 36.2. The molecule has 4 aliphatic rings. The Bertz CT molecular complexity index is 1670. The van der Waals surface area contributed by atoms with Gasteiger partial charge in [-0.1, -0.05) is 43.5 Å². The van der Waals surface area contributed by atoms with Crippen molar-refractivity contribution in [3.05, 3.63) is 48.0 Å². The van der Waals surface area contributed by atoms with E-state index in [-0.39, 0.29) is 43.0 Å². The van der Waals surface area contributed by atoms with E-state index in [2.05, 4.69) is 16.6 Å². The lowest BCUT2D eigenvalue weighted by atomic mass is 9.44. The standard InChI is InChI=1S/C36H40F2O10S/c1-20-16-22-23-18-25(37)24-17-21(39)11-12-33(24,4)35(23,38)27(40)19-34(22,5)36(20,48-28(41)26-10-9-14-46-26)31(44)49-15-8-7-13-47-30(43)32(2,3)29(42)45-6/h9-12,14,17,20,22-23,25,27,40H,13,15-16,18-19H2,1-6H3/t20-,22+,23+,25+,27+,33+,34+,35+,36+/m1/s1. The van der Waals surface area contributed by atoms with Crippen LogP contribution >= 0.6 is 11.8 Å². The second kappa shape index (κ2) is 12.8. The van der Waals surface area contributed by atoms with Gasteiger partial charge in [-0.15, -0.1) is 0 Å². The molecule has 0 aromatic carbocycles. The van der Waals surface area contributed by atoms with Gasteiger partial charge in [-0.3, -0.25) is 19.2 Å². The van der Waals surface area contributed by atoms with Gasteiger partial charge in [0.25, 0.3) is 0 Å². The number of rotatable bonds is 7. The second-order valence-corrected chi connectivity index (χ2v) is 15.2. The van der Waals surface area contributed by atoms with E-state index in [4.69, 9.17) is 13.9 Å². The van der Waals surface area contributed by atoms with Crippen LogP contribution in [0.3, 0.4) is 0 Å². The SMILES string of the molecule is COC(=O)C(C)(C)C(=O)OCC#CCSC(=O)[C@@]1(OC(=O)c2ccco2)[C@H](C)C[C@H]2[C@@H]3C[C@H](F)C4=CC(=O)C=C[C@]4(C)[C@@]3(F)[C@@H](O)C[C@@]21C. The number of halogens is 2. The molecule has 10 nitrogen and oxygen atoms in total. The first kappa shape index (κ1) is 36.5. The summed E-state index contributed by atoms with van der Waals surface area (Å²) in [5.41, 5.74) is -8.83. The quantitative estimate of drug-likeness (QED) is 0.182. The highest BCUT2D eigenvalue weighted by atomic mass is 32.2. The van der Waals surface area contributed by atoms with Crippen molar-refractivity contribution in [3.8, 4) is 11.8 Å². The van der Waals surface area contributed by atoms with Crippen LogP contribution < -0.4 is 0 Å². The first-order valence-corrected chi connectivity index (χ1v) is 17.0. The predicted octanol–water partition coefficient (Wildman–Crippen LogP) is 4.75. The zero-order chi connectivity index (χ0) is 36.2. The molecule has 264 valence electrons. The van der Waals surface area contributed by atoms with Gasteiger partial charge in [0.2, 0.25) is 10.9 Å². The molecule has 0 amide bonds. The molecule has 1 aromatic heterocycles. The van der Waals surface area contributed by atoms with Gasteiger partial charge in [-0.05, 0) is 75.8 Å². The molecule has 9 atom stereocenters. The fourth-order valence-corrected chi connectivity index (χ4v) is 9.74. The average Bonchev–Trinajstić information content (AvgIpc) is 3.67. The summed E-state index contributed by atoms with van der Waals surface area (Å²) in [5.74, 6) is -0.423. The van der Waals surface area contributed by atoms with Crippen LogP contribution in [0.1, 0.15) is 64.4 Å². The molecule has 1 aromatic rings. The number of hydrogen-bond acceptors (Lipinski definition) is 11. The van der Waals surface area contributed by atoms with Crippen molar-refractivity contribution in [3.63, 3.8) is 0 Å². The minimum absolute atomic E-state index is 0.0206. The molecule has 0 saturated heterocycles. The summed E-state index contributed by atoms with van der Waals surface area (Å²) < 4.78 is 54.7. The Morgan fingerprint density at radius 1 is 1.14 bits per heavy atom. The van der Waals surface area contributed by atoms with Crippen LogP contribution in [-0.2, 0) is 33.4 Å². The summed E-state index contributed by atoms with van der Waals surface area (Å²) >= 11 is 0.748. The number of fused-ring (bicyclic) bond motifs is 5. The molecule has 49 heavy (non-hydrogen) atoms. The van der Waals surface area contributed by atoms with E-state index in [0.717, 1.165) is 24.9 Å². The molecule has 0 spiro atoms. The molecule has 0 aliphatic heterocycles. The van der Waals surface area contributed by atoms with Crippen molar-refractivity contribution in [2.24, 2.45) is 34.0 Å². The van der Waals surface area contributed by atoms with Crippen LogP contribution in [0.2, 0.25) is 0 Å². The molecule has 3 saturated carbocycles. The lowest BCUT2D eigenvalue weighted by Crippen LogP contribution is -2.70. The summed E-state index contributed by atoms with van der Waals surface area (Å²) in [6.07, 6.45) is 1.07. The second-order valence-electron chi connectivity index (χ2n) is 14.2. The number of allylic oxidation sites excluding steroid dienone is 4. The first-order valence-electron chi connectivity index (χ1n) is 16.0. The van der Waals surface area contributed by atoms with Crippen molar-refractivity contribution < 1.29 is 56.5 Å². The Hall–Kier alpha value is -3.76. The zero-order valence-electron chi connectivity index (χ0n) is 28.2. The molecule has 3 fully saturated rings. The van der Waals surface area contributed by atoms with E-state index < -0.39 is 86.4 Å². The molecule has 0 unspecified atom stereocenters. The average molecular weight is 703 g/mol. The number of alkyl halides is 2. The smallest absolute Gasteiger partial charge is 0.375 e. The maximum Gasteiger partial charge on any atom is 0.375 e. The first-order chi connectivity index (χ1) is 22.9. The Morgan fingerprint density at radius 3 is 2.51 bits per heavy atom. The monoisotopic (exact) mass is 702 g/mol. The van der Waals surface area contributed by atoms with Crippen LogP contribution in [0, 0.1) is 45.8 Å². The molecule has 13 heteroatoms. The van der Waals surface area contributed by atoms with Crippen LogP contribution in [-0.4, -0.2) is 76.9 Å². The van der Waals surface area contributed by atoms with Gasteiger partial charge >= 0.3 is 17.9 Å². The summed E-state index contributed by atoms with van der Waals surface area (Å²) in [6, 6.07) is 2.86. The molecule has 1 N–H and O–H groups in total. The fourth-order valence-electron chi connectivity index (χ4n) is 8.74. The molecule has 0 bridgehead atoms. The highest BCUT2D eigenvalue weighted by Gasteiger charge is 2.78. The van der Waals surface area contributed by atoms with Crippen LogP contribution in [0.4, 0.5) is 8.78 Å². The minimum atomic E-state index is -2.38. The third-order valence-corrected chi connectivity index (χ3v) is 12.2. The Labute approximate surface area is 287 Å². The van der Waals surface area contributed by atoms with E-state index in [1.807, 2.05) is 0 Å². The number of methoxy groups -OCH3 is 1. The molecule has 5 rings (SSSR count). The van der Waals surface area contributed by atoms with Gasteiger partial charge in [-0.25, -0.2) is 13.6 Å². The van der Waals surface area contributed by atoms with Crippen molar-refractivity contribution in [2.45, 2.75) is 77.4 Å². The van der Waals surface area contributed by atoms with Gasteiger partial charge in [0.1, 0.15) is 6.17 Å². The zero-order valence-corrected chi connectivity index (χ0v) is 29.0. The van der Waals surface area contributed by atoms with Gasteiger partial charge in [0.15, 0.2) is 29.1 Å². The molecule has 1 heterocycles. The number of furan rings is 1. The number of hydrogen-bond donors (Lipinski definition) is 1. The Balaban J connectivity index is 1.45. The lowest BCUT2D eigenvalue weighted by molar-refractivity contribution is -0.221.